The first-order valence-electron chi connectivity index (χ1n) is 8.49. The smallest absolute Gasteiger partial charge is 0.227 e. The molecule has 1 saturated heterocycles. The van der Waals surface area contributed by atoms with E-state index in [4.69, 9.17) is 0 Å². The summed E-state index contributed by atoms with van der Waals surface area (Å²) < 4.78 is 0. The second-order valence-corrected chi connectivity index (χ2v) is 7.44. The van der Waals surface area contributed by atoms with Crippen molar-refractivity contribution in [2.24, 2.45) is 0 Å². The number of Topliss-reactive ketones (excluding diaryl/α,β-unsaturated/α-hetero) is 1. The van der Waals surface area contributed by atoms with Crippen molar-refractivity contribution in [1.29, 1.82) is 0 Å². The fourth-order valence-corrected chi connectivity index (χ4v) is 3.96. The molecule has 1 fully saturated rings. The van der Waals surface area contributed by atoms with Gasteiger partial charge in [0.25, 0.3) is 0 Å². The van der Waals surface area contributed by atoms with Crippen molar-refractivity contribution in [3.05, 3.63) is 45.4 Å². The van der Waals surface area contributed by atoms with Gasteiger partial charge in [0.05, 0.1) is 11.3 Å². The SMILES string of the molecule is CC(=O)c1cc(CC(=O)N2CCN(c3cc(C)nc(C)c3)CC2)cs1. The van der Waals surface area contributed by atoms with E-state index in [1.807, 2.05) is 30.2 Å². The molecule has 3 rings (SSSR count). The minimum atomic E-state index is 0.0558. The summed E-state index contributed by atoms with van der Waals surface area (Å²) in [5.74, 6) is 0.190. The number of nitrogens with zero attached hydrogens (tertiary/aromatic N) is 3. The van der Waals surface area contributed by atoms with Gasteiger partial charge in [-0.2, -0.15) is 0 Å². The quantitative estimate of drug-likeness (QED) is 0.790. The van der Waals surface area contributed by atoms with Gasteiger partial charge in [-0.05, 0) is 49.9 Å². The minimum Gasteiger partial charge on any atom is -0.368 e. The predicted octanol–water partition coefficient (Wildman–Crippen LogP) is 2.85. The standard InChI is InChI=1S/C19H23N3O2S/c1-13-8-17(9-14(2)20-13)21-4-6-22(7-5-21)19(24)11-16-10-18(15(3)23)25-12-16/h8-10,12H,4-7,11H2,1-3H3. The van der Waals surface area contributed by atoms with Gasteiger partial charge in [0, 0.05) is 43.3 Å². The summed E-state index contributed by atoms with van der Waals surface area (Å²) in [6, 6.07) is 6.03. The highest BCUT2D eigenvalue weighted by Crippen LogP contribution is 2.20. The highest BCUT2D eigenvalue weighted by atomic mass is 32.1. The van der Waals surface area contributed by atoms with E-state index in [9.17, 15) is 9.59 Å². The third-order valence-corrected chi connectivity index (χ3v) is 5.50. The number of carbonyl (C=O) groups is 2. The van der Waals surface area contributed by atoms with Gasteiger partial charge in [0.15, 0.2) is 5.78 Å². The molecule has 1 aliphatic rings. The lowest BCUT2D eigenvalue weighted by Gasteiger charge is -2.36. The number of aromatic nitrogens is 1. The molecular weight excluding hydrogens is 334 g/mol. The molecule has 0 radical (unpaired) electrons. The number of hydrogen-bond acceptors (Lipinski definition) is 5. The van der Waals surface area contributed by atoms with E-state index in [-0.39, 0.29) is 11.7 Å². The Bertz CT molecular complexity index is 771. The van der Waals surface area contributed by atoms with Crippen LogP contribution < -0.4 is 4.90 Å². The molecule has 1 amide bonds. The highest BCUT2D eigenvalue weighted by molar-refractivity contribution is 7.12. The topological polar surface area (TPSA) is 53.5 Å². The van der Waals surface area contributed by atoms with E-state index in [0.29, 0.717) is 6.42 Å². The number of anilines is 1. The summed E-state index contributed by atoms with van der Waals surface area (Å²) in [6.45, 7) is 8.68. The lowest BCUT2D eigenvalue weighted by molar-refractivity contribution is -0.130. The van der Waals surface area contributed by atoms with Crippen LogP contribution in [-0.2, 0) is 11.2 Å². The highest BCUT2D eigenvalue weighted by Gasteiger charge is 2.22. The van der Waals surface area contributed by atoms with Gasteiger partial charge in [-0.3, -0.25) is 14.6 Å². The molecule has 0 aromatic carbocycles. The number of carbonyl (C=O) groups excluding carboxylic acids is 2. The summed E-state index contributed by atoms with van der Waals surface area (Å²) in [4.78, 5) is 33.3. The molecule has 1 aliphatic heterocycles. The molecular formula is C19H23N3O2S. The zero-order valence-electron chi connectivity index (χ0n) is 14.9. The largest absolute Gasteiger partial charge is 0.368 e. The Kier molecular flexibility index (Phi) is 5.18. The summed E-state index contributed by atoms with van der Waals surface area (Å²) in [5.41, 5.74) is 4.16. The maximum Gasteiger partial charge on any atom is 0.227 e. The number of rotatable bonds is 4. The first-order valence-corrected chi connectivity index (χ1v) is 9.36. The molecule has 132 valence electrons. The number of ketones is 1. The van der Waals surface area contributed by atoms with Crippen LogP contribution in [0.3, 0.4) is 0 Å². The molecule has 5 nitrogen and oxygen atoms in total. The third kappa shape index (κ3) is 4.25. The van der Waals surface area contributed by atoms with Crippen LogP contribution in [0.5, 0.6) is 0 Å². The zero-order valence-corrected chi connectivity index (χ0v) is 15.7. The molecule has 0 spiro atoms. The van der Waals surface area contributed by atoms with Gasteiger partial charge < -0.3 is 9.80 Å². The molecule has 0 bridgehead atoms. The van der Waals surface area contributed by atoms with Gasteiger partial charge in [-0.25, -0.2) is 0 Å². The fraction of sp³-hybridized carbons (Fsp3) is 0.421. The lowest BCUT2D eigenvalue weighted by Crippen LogP contribution is -2.49. The Morgan fingerprint density at radius 2 is 1.72 bits per heavy atom. The van der Waals surface area contributed by atoms with E-state index >= 15 is 0 Å². The van der Waals surface area contributed by atoms with Gasteiger partial charge in [-0.1, -0.05) is 0 Å². The van der Waals surface area contributed by atoms with Crippen molar-refractivity contribution in [2.75, 3.05) is 31.1 Å². The molecule has 25 heavy (non-hydrogen) atoms. The summed E-state index contributed by atoms with van der Waals surface area (Å²) >= 11 is 1.41. The van der Waals surface area contributed by atoms with Gasteiger partial charge in [-0.15, -0.1) is 11.3 Å². The Morgan fingerprint density at radius 3 is 2.28 bits per heavy atom. The van der Waals surface area contributed by atoms with Gasteiger partial charge in [0.2, 0.25) is 5.91 Å². The number of pyridine rings is 1. The van der Waals surface area contributed by atoms with E-state index in [1.54, 1.807) is 6.92 Å². The van der Waals surface area contributed by atoms with Gasteiger partial charge >= 0.3 is 0 Å². The number of aryl methyl sites for hydroxylation is 2. The molecule has 2 aromatic heterocycles. The summed E-state index contributed by atoms with van der Waals surface area (Å²) in [6.07, 6.45) is 0.372. The minimum absolute atomic E-state index is 0.0558. The zero-order chi connectivity index (χ0) is 18.0. The van der Waals surface area contributed by atoms with Crippen molar-refractivity contribution < 1.29 is 9.59 Å². The van der Waals surface area contributed by atoms with Crippen LogP contribution in [0.4, 0.5) is 5.69 Å². The second-order valence-electron chi connectivity index (χ2n) is 6.53. The average Bonchev–Trinajstić information content (AvgIpc) is 3.03. The molecule has 2 aromatic rings. The molecule has 0 saturated carbocycles. The number of thiophene rings is 1. The summed E-state index contributed by atoms with van der Waals surface area (Å²) in [5, 5.41) is 1.91. The lowest BCUT2D eigenvalue weighted by atomic mass is 10.1. The Hall–Kier alpha value is -2.21. The average molecular weight is 357 g/mol. The first kappa shape index (κ1) is 17.6. The van der Waals surface area contributed by atoms with Crippen LogP contribution >= 0.6 is 11.3 Å². The first-order chi connectivity index (χ1) is 11.9. The number of hydrogen-bond donors (Lipinski definition) is 0. The molecule has 0 N–H and O–H groups in total. The molecule has 0 atom stereocenters. The Balaban J connectivity index is 1.57. The van der Waals surface area contributed by atoms with Crippen LogP contribution in [0.25, 0.3) is 0 Å². The van der Waals surface area contributed by atoms with Crippen LogP contribution in [0.15, 0.2) is 23.6 Å². The Labute approximate surface area is 152 Å². The van der Waals surface area contributed by atoms with Crippen LogP contribution in [0.1, 0.15) is 33.5 Å². The fourth-order valence-electron chi connectivity index (χ4n) is 3.15. The number of amides is 1. The van der Waals surface area contributed by atoms with E-state index < -0.39 is 0 Å². The molecule has 6 heteroatoms. The summed E-state index contributed by atoms with van der Waals surface area (Å²) in [7, 11) is 0. The van der Waals surface area contributed by atoms with Crippen molar-refractivity contribution in [1.82, 2.24) is 9.88 Å². The molecule has 0 unspecified atom stereocenters. The molecule has 3 heterocycles. The van der Waals surface area contributed by atoms with Crippen molar-refractivity contribution >= 4 is 28.7 Å². The normalized spacial score (nSPS) is 14.7. The van der Waals surface area contributed by atoms with E-state index in [1.165, 1.54) is 17.0 Å². The maximum atomic E-state index is 12.5. The monoisotopic (exact) mass is 357 g/mol. The van der Waals surface area contributed by atoms with E-state index in [2.05, 4.69) is 22.0 Å². The van der Waals surface area contributed by atoms with Crippen LogP contribution in [0, 0.1) is 13.8 Å². The number of piperazine rings is 1. The van der Waals surface area contributed by atoms with Crippen molar-refractivity contribution in [3.8, 4) is 0 Å². The second kappa shape index (κ2) is 7.35. The predicted molar refractivity (Wildman–Crippen MR) is 101 cm³/mol. The van der Waals surface area contributed by atoms with Crippen LogP contribution in [-0.4, -0.2) is 47.8 Å². The molecule has 0 aliphatic carbocycles. The van der Waals surface area contributed by atoms with Crippen LogP contribution in [0.2, 0.25) is 0 Å². The van der Waals surface area contributed by atoms with E-state index in [0.717, 1.165) is 48.0 Å². The Morgan fingerprint density at radius 1 is 1.08 bits per heavy atom. The van der Waals surface area contributed by atoms with Crippen molar-refractivity contribution in [3.63, 3.8) is 0 Å². The maximum absolute atomic E-state index is 12.5. The third-order valence-electron chi connectivity index (χ3n) is 4.42. The van der Waals surface area contributed by atoms with Gasteiger partial charge in [0.1, 0.15) is 0 Å². The van der Waals surface area contributed by atoms with Crippen molar-refractivity contribution in [2.45, 2.75) is 27.2 Å².